The van der Waals surface area contributed by atoms with E-state index in [2.05, 4.69) is 31.9 Å². The molecule has 1 fully saturated rings. The third kappa shape index (κ3) is 25.2. The highest BCUT2D eigenvalue weighted by molar-refractivity contribution is 6.12. The number of benzene rings is 3. The normalized spacial score (nSPS) is 16.0. The molecule has 0 aromatic heterocycles. The molecule has 1 unspecified atom stereocenters. The van der Waals surface area contributed by atoms with E-state index < -0.39 is 90.7 Å². The van der Waals surface area contributed by atoms with E-state index in [9.17, 15) is 62.6 Å². The zero-order valence-electron chi connectivity index (χ0n) is 58.8. The van der Waals surface area contributed by atoms with Gasteiger partial charge in [-0.2, -0.15) is 0 Å². The van der Waals surface area contributed by atoms with Crippen LogP contribution in [0.4, 0.5) is 21.0 Å². The van der Waals surface area contributed by atoms with Crippen LogP contribution in [0.5, 0.6) is 0 Å². The summed E-state index contributed by atoms with van der Waals surface area (Å²) < 4.78 is 17.5. The molecule has 12 amide bonds. The van der Waals surface area contributed by atoms with Gasteiger partial charge in [0.1, 0.15) is 18.7 Å². The van der Waals surface area contributed by atoms with E-state index in [1.807, 2.05) is 57.8 Å². The molecule has 2 aliphatic rings. The van der Waals surface area contributed by atoms with Gasteiger partial charge >= 0.3 is 18.1 Å². The molecule has 0 aliphatic carbocycles. The van der Waals surface area contributed by atoms with Gasteiger partial charge in [0.15, 0.2) is 0 Å². The quantitative estimate of drug-likeness (QED) is 0.0290. The number of primary amides is 1. The summed E-state index contributed by atoms with van der Waals surface area (Å²) in [5.74, 6) is -6.00. The van der Waals surface area contributed by atoms with Gasteiger partial charge in [-0.3, -0.25) is 57.9 Å². The lowest BCUT2D eigenvalue weighted by molar-refractivity contribution is -0.147. The topological polar surface area (TPSA) is 367 Å². The number of unbranched alkanes of at least 4 members (excludes halogenated alkanes) is 2. The Morgan fingerprint density at radius 1 is 0.717 bits per heavy atom. The van der Waals surface area contributed by atoms with E-state index in [-0.39, 0.29) is 106 Å². The Hall–Kier alpha value is -9.28. The number of nitrogens with two attached hydrogens (primary N) is 1. The predicted molar refractivity (Wildman–Crippen MR) is 370 cm³/mol. The summed E-state index contributed by atoms with van der Waals surface area (Å²) in [5.41, 5.74) is 8.44. The molecule has 28 nitrogen and oxygen atoms in total. The van der Waals surface area contributed by atoms with Crippen molar-refractivity contribution in [3.63, 3.8) is 0 Å². The van der Waals surface area contributed by atoms with Crippen LogP contribution in [-0.4, -0.2) is 213 Å². The van der Waals surface area contributed by atoms with Crippen molar-refractivity contribution in [3.05, 3.63) is 108 Å². The van der Waals surface area contributed by atoms with E-state index in [0.717, 1.165) is 16.0 Å². The summed E-state index contributed by atoms with van der Waals surface area (Å²) >= 11 is 0. The lowest BCUT2D eigenvalue weighted by Crippen LogP contribution is -2.55. The summed E-state index contributed by atoms with van der Waals surface area (Å²) in [6, 6.07) is 18.3. The number of imide groups is 1. The Balaban J connectivity index is 1.07. The summed E-state index contributed by atoms with van der Waals surface area (Å²) in [4.78, 5) is 163. The second kappa shape index (κ2) is 40.6. The molecule has 0 spiro atoms. The fourth-order valence-electron chi connectivity index (χ4n) is 12.4. The van der Waals surface area contributed by atoms with Crippen molar-refractivity contribution in [2.45, 2.75) is 161 Å². The Kier molecular flexibility index (Phi) is 32.9. The maximum atomic E-state index is 14.3. The monoisotopic (exact) mass is 1380 g/mol. The third-order valence-corrected chi connectivity index (χ3v) is 18.2. The zero-order chi connectivity index (χ0) is 72.9. The van der Waals surface area contributed by atoms with Gasteiger partial charge in [-0.1, -0.05) is 102 Å². The minimum absolute atomic E-state index is 0.0786. The van der Waals surface area contributed by atoms with E-state index in [0.29, 0.717) is 75.0 Å². The first kappa shape index (κ1) is 80.4. The Morgan fingerprint density at radius 3 is 2.00 bits per heavy atom. The van der Waals surface area contributed by atoms with Crippen molar-refractivity contribution in [1.29, 1.82) is 0 Å². The largest absolute Gasteiger partial charge is 0.480 e. The number of hydrogen-bond acceptors (Lipinski definition) is 16. The van der Waals surface area contributed by atoms with E-state index >= 15 is 0 Å². The number of nitrogens with one attached hydrogen (secondary N) is 6. The van der Waals surface area contributed by atoms with Crippen molar-refractivity contribution < 1.29 is 76.9 Å². The molecule has 2 heterocycles. The molecule has 28 heteroatoms. The number of nitrogens with zero attached hydrogens (tertiary/aromatic N) is 5. The molecule has 542 valence electrons. The van der Waals surface area contributed by atoms with Gasteiger partial charge in [-0.15, -0.1) is 0 Å². The molecule has 9 N–H and O–H groups in total. The summed E-state index contributed by atoms with van der Waals surface area (Å²) in [6.07, 6.45) is 4.82. The number of aliphatic carboxylic acids is 1. The Labute approximate surface area is 580 Å². The van der Waals surface area contributed by atoms with Crippen LogP contribution in [-0.2, 0) is 81.6 Å². The van der Waals surface area contributed by atoms with Crippen LogP contribution in [0, 0.1) is 17.8 Å². The SMILES string of the molecule is CC[C@H](C)[C@@H]([C@@H](CC(=O)N1CCCC1[C@H](OC)[C@@H](C)C(=O)N[C@@H](Cc1ccccc1)C(=O)O)OC)N(C)C(=O)CNC(=O)[C@H](C(C)C)N(C)CCc1ccc(N(C)C(=O)OCc2ccc(NC(=O)[C@H](CCCNC(N)=O)NC(=O)CNC(=O)CCCCCN3C(=O)C=CC3=O)cc2)cc1. The molecule has 99 heavy (non-hydrogen) atoms. The van der Waals surface area contributed by atoms with Gasteiger partial charge in [-0.25, -0.2) is 14.4 Å². The average Bonchev–Trinajstić information content (AvgIpc) is 1.77. The molecular weight excluding hydrogens is 1280 g/mol. The number of anilines is 2. The number of carboxylic acid groups (broad SMARTS) is 1. The molecule has 2 aliphatic heterocycles. The molecule has 0 bridgehead atoms. The first-order chi connectivity index (χ1) is 47.2. The van der Waals surface area contributed by atoms with Gasteiger partial charge in [0.25, 0.3) is 11.8 Å². The fraction of sp³-hybridized carbons (Fsp3) is 0.549. The lowest BCUT2D eigenvalue weighted by Gasteiger charge is -2.39. The predicted octanol–water partition coefficient (Wildman–Crippen LogP) is 4.28. The number of ether oxygens (including phenoxy) is 3. The lowest BCUT2D eigenvalue weighted by atomic mass is 9.90. The van der Waals surface area contributed by atoms with Gasteiger partial charge in [-0.05, 0) is 105 Å². The van der Waals surface area contributed by atoms with E-state index in [4.69, 9.17) is 19.9 Å². The van der Waals surface area contributed by atoms with Crippen LogP contribution in [0.25, 0.3) is 0 Å². The standard InChI is InChI=1S/C71H102N12O16/c1-11-46(4)64(56(97-9)41-61(88)82-38-19-23-55(82)65(98-10)47(5)66(90)78-54(69(93)94)40-49-20-14-12-15-21-49)81(8)62(89)43-75-68(92)63(45(2)3)79(6)39-35-48-27-31-52(32-28-48)80(7)71(96)99-44-50-25-29-51(30-26-50)76-67(91)53(22-18-36-73-70(72)95)77-58(85)42-74-57(84)24-16-13-17-37-83-59(86)33-34-60(83)87/h12,14-15,20-21,25-34,45-47,53-56,63-65H,11,13,16-19,22-24,35-44H2,1-10H3,(H,74,84)(H,75,92)(H,76,91)(H,77,85)(H,78,90)(H,93,94)(H3,72,73,95)/t46-,47+,53-,54-,55?,56+,63-,64-,65+/m0/s1. The van der Waals surface area contributed by atoms with Gasteiger partial charge < -0.3 is 66.8 Å². The fourth-order valence-corrected chi connectivity index (χ4v) is 12.4. The van der Waals surface area contributed by atoms with Crippen molar-refractivity contribution in [2.24, 2.45) is 23.5 Å². The molecular formula is C71H102N12O16. The van der Waals surface area contributed by atoms with E-state index in [1.165, 1.54) is 31.3 Å². The number of carbonyl (C=O) groups is 12. The highest BCUT2D eigenvalue weighted by Crippen LogP contribution is 2.30. The van der Waals surface area contributed by atoms with Crippen molar-refractivity contribution in [3.8, 4) is 0 Å². The molecule has 0 radical (unpaired) electrons. The summed E-state index contributed by atoms with van der Waals surface area (Å²) in [5, 5.41) is 25.9. The van der Waals surface area contributed by atoms with Crippen LogP contribution in [0.15, 0.2) is 91.0 Å². The molecule has 0 saturated carbocycles. The smallest absolute Gasteiger partial charge is 0.414 e. The van der Waals surface area contributed by atoms with Gasteiger partial charge in [0, 0.05) is 90.9 Å². The maximum absolute atomic E-state index is 14.3. The number of rotatable bonds is 41. The molecule has 9 atom stereocenters. The van der Waals surface area contributed by atoms with Crippen LogP contribution >= 0.6 is 0 Å². The molecule has 3 aromatic carbocycles. The number of likely N-dealkylation sites (tertiary alicyclic amines) is 1. The number of hydrogen-bond donors (Lipinski definition) is 8. The number of methoxy groups -OCH3 is 2. The van der Waals surface area contributed by atoms with Crippen LogP contribution in [0.3, 0.4) is 0 Å². The summed E-state index contributed by atoms with van der Waals surface area (Å²) in [6.45, 7) is 9.97. The Bertz CT molecular complexity index is 3230. The number of carbonyl (C=O) groups excluding carboxylic acids is 11. The van der Waals surface area contributed by atoms with Crippen LogP contribution in [0.2, 0.25) is 0 Å². The van der Waals surface area contributed by atoms with Crippen molar-refractivity contribution in [2.75, 3.05) is 84.8 Å². The molecule has 1 saturated heterocycles. The number of carboxylic acids is 1. The van der Waals surface area contributed by atoms with Gasteiger partial charge in [0.2, 0.25) is 41.4 Å². The first-order valence-electron chi connectivity index (χ1n) is 33.9. The van der Waals surface area contributed by atoms with Crippen LogP contribution in [0.1, 0.15) is 116 Å². The number of likely N-dealkylation sites (N-methyl/N-ethyl adjacent to an activating group) is 2. The second-order valence-electron chi connectivity index (χ2n) is 25.6. The van der Waals surface area contributed by atoms with Crippen LogP contribution < -0.4 is 42.5 Å². The second-order valence-corrected chi connectivity index (χ2v) is 25.6. The first-order valence-corrected chi connectivity index (χ1v) is 33.9. The number of urea groups is 1. The molecule has 5 rings (SSSR count). The minimum atomic E-state index is -1.17. The average molecular weight is 1380 g/mol. The molecule has 3 aromatic rings. The zero-order valence-corrected chi connectivity index (χ0v) is 58.8. The summed E-state index contributed by atoms with van der Waals surface area (Å²) in [7, 11) is 8.04. The van der Waals surface area contributed by atoms with Gasteiger partial charge in [0.05, 0.1) is 55.8 Å². The number of amides is 12. The van der Waals surface area contributed by atoms with Crippen molar-refractivity contribution >= 4 is 82.6 Å². The maximum Gasteiger partial charge on any atom is 0.414 e. The Morgan fingerprint density at radius 2 is 1.38 bits per heavy atom. The highest BCUT2D eigenvalue weighted by atomic mass is 16.6. The van der Waals surface area contributed by atoms with E-state index in [1.54, 1.807) is 91.5 Å². The van der Waals surface area contributed by atoms with Crippen molar-refractivity contribution in [1.82, 2.24) is 46.2 Å². The highest BCUT2D eigenvalue weighted by Gasteiger charge is 2.43. The minimum Gasteiger partial charge on any atom is -0.480 e. The third-order valence-electron chi connectivity index (χ3n) is 18.2.